The van der Waals surface area contributed by atoms with E-state index in [1.165, 1.54) is 6.07 Å². The summed E-state index contributed by atoms with van der Waals surface area (Å²) in [7, 11) is 0. The molecular weight excluding hydrogens is 347 g/mol. The van der Waals surface area contributed by atoms with Crippen molar-refractivity contribution < 1.29 is 9.18 Å². The van der Waals surface area contributed by atoms with E-state index >= 15 is 0 Å². The fourth-order valence-corrected chi connectivity index (χ4v) is 3.06. The fraction of sp³-hybridized carbons (Fsp3) is 0.421. The lowest BCUT2D eigenvalue weighted by atomic mass is 10.2. The monoisotopic (exact) mass is 372 g/mol. The highest BCUT2D eigenvalue weighted by Gasteiger charge is 2.23. The van der Waals surface area contributed by atoms with Crippen molar-refractivity contribution in [2.24, 2.45) is 0 Å². The molecule has 0 saturated carbocycles. The van der Waals surface area contributed by atoms with Crippen LogP contribution in [0.15, 0.2) is 24.3 Å². The van der Waals surface area contributed by atoms with Gasteiger partial charge in [0.25, 0.3) is 0 Å². The summed E-state index contributed by atoms with van der Waals surface area (Å²) < 4.78 is 13.6. The molecule has 3 rings (SSSR count). The van der Waals surface area contributed by atoms with Crippen molar-refractivity contribution in [2.75, 3.05) is 48.3 Å². The van der Waals surface area contributed by atoms with E-state index in [1.54, 1.807) is 24.0 Å². The topological polar surface area (TPSA) is 73.4 Å². The summed E-state index contributed by atoms with van der Waals surface area (Å²) in [6, 6.07) is 6.40. The van der Waals surface area contributed by atoms with E-state index in [9.17, 15) is 9.18 Å². The summed E-state index contributed by atoms with van der Waals surface area (Å²) in [6.45, 7) is 8.84. The van der Waals surface area contributed by atoms with Crippen LogP contribution in [-0.4, -0.2) is 53.6 Å². The van der Waals surface area contributed by atoms with Crippen molar-refractivity contribution in [3.05, 3.63) is 41.5 Å². The molecule has 27 heavy (non-hydrogen) atoms. The minimum atomic E-state index is -0.326. The van der Waals surface area contributed by atoms with Crippen molar-refractivity contribution >= 4 is 23.4 Å². The average Bonchev–Trinajstić information content (AvgIpc) is 2.65. The molecule has 2 amide bonds. The molecule has 1 saturated heterocycles. The van der Waals surface area contributed by atoms with Crippen LogP contribution < -0.4 is 15.5 Å². The number of piperazine rings is 1. The van der Waals surface area contributed by atoms with E-state index in [0.717, 1.165) is 18.2 Å². The molecule has 0 atom stereocenters. The average molecular weight is 372 g/mol. The number of anilines is 3. The van der Waals surface area contributed by atoms with Gasteiger partial charge in [0.2, 0.25) is 0 Å². The molecule has 8 heteroatoms. The number of benzene rings is 1. The number of hydrogen-bond acceptors (Lipinski definition) is 5. The molecule has 0 bridgehead atoms. The van der Waals surface area contributed by atoms with Gasteiger partial charge in [0, 0.05) is 50.0 Å². The van der Waals surface area contributed by atoms with Crippen LogP contribution in [0.25, 0.3) is 0 Å². The van der Waals surface area contributed by atoms with Gasteiger partial charge in [-0.15, -0.1) is 0 Å². The van der Waals surface area contributed by atoms with E-state index in [0.29, 0.717) is 43.3 Å². The Kier molecular flexibility index (Phi) is 5.73. The zero-order valence-electron chi connectivity index (χ0n) is 15.9. The maximum absolute atomic E-state index is 13.6. The van der Waals surface area contributed by atoms with Crippen molar-refractivity contribution in [1.29, 1.82) is 0 Å². The summed E-state index contributed by atoms with van der Waals surface area (Å²) in [5.41, 5.74) is 0.945. The Hall–Kier alpha value is -2.90. The molecule has 2 aromatic rings. The van der Waals surface area contributed by atoms with E-state index in [-0.39, 0.29) is 11.8 Å². The van der Waals surface area contributed by atoms with Crippen molar-refractivity contribution in [3.8, 4) is 0 Å². The zero-order valence-corrected chi connectivity index (χ0v) is 15.9. The summed E-state index contributed by atoms with van der Waals surface area (Å²) in [5.74, 6) is 2.06. The minimum Gasteiger partial charge on any atom is -0.370 e. The van der Waals surface area contributed by atoms with Crippen molar-refractivity contribution in [2.45, 2.75) is 20.8 Å². The number of nitrogens with zero attached hydrogens (tertiary/aromatic N) is 4. The summed E-state index contributed by atoms with van der Waals surface area (Å²) >= 11 is 0. The highest BCUT2D eigenvalue weighted by atomic mass is 19.1. The van der Waals surface area contributed by atoms with Gasteiger partial charge in [-0.05, 0) is 32.9 Å². The Labute approximate surface area is 158 Å². The summed E-state index contributed by atoms with van der Waals surface area (Å²) in [4.78, 5) is 25.3. The molecule has 1 aliphatic heterocycles. The normalized spacial score (nSPS) is 14.2. The molecule has 144 valence electrons. The Morgan fingerprint density at radius 1 is 1.19 bits per heavy atom. The van der Waals surface area contributed by atoms with Crippen LogP contribution in [-0.2, 0) is 0 Å². The molecule has 0 radical (unpaired) electrons. The summed E-state index contributed by atoms with van der Waals surface area (Å²) in [5, 5.41) is 6.01. The fourth-order valence-electron chi connectivity index (χ4n) is 3.06. The smallest absolute Gasteiger partial charge is 0.321 e. The number of amides is 2. The Bertz CT molecular complexity index is 820. The molecule has 0 spiro atoms. The Morgan fingerprint density at radius 2 is 1.93 bits per heavy atom. The summed E-state index contributed by atoms with van der Waals surface area (Å²) in [6.07, 6.45) is 0. The predicted octanol–water partition coefficient (Wildman–Crippen LogP) is 3.02. The lowest BCUT2D eigenvalue weighted by molar-refractivity contribution is 0.208. The molecule has 1 aromatic carbocycles. The third-order valence-electron chi connectivity index (χ3n) is 4.58. The second kappa shape index (κ2) is 8.20. The van der Waals surface area contributed by atoms with Crippen LogP contribution in [0.3, 0.4) is 0 Å². The van der Waals surface area contributed by atoms with Crippen LogP contribution >= 0.6 is 0 Å². The maximum Gasteiger partial charge on any atom is 0.321 e. The van der Waals surface area contributed by atoms with E-state index < -0.39 is 0 Å². The number of aromatic nitrogens is 2. The molecule has 1 aromatic heterocycles. The van der Waals surface area contributed by atoms with Crippen LogP contribution in [0.5, 0.6) is 0 Å². The number of hydrogen-bond donors (Lipinski definition) is 2. The highest BCUT2D eigenvalue weighted by Crippen LogP contribution is 2.20. The van der Waals surface area contributed by atoms with Gasteiger partial charge >= 0.3 is 6.03 Å². The number of halogens is 1. The molecule has 2 N–H and O–H groups in total. The number of carbonyl (C=O) groups excluding carboxylic acids is 1. The van der Waals surface area contributed by atoms with Crippen LogP contribution in [0.4, 0.5) is 26.5 Å². The van der Waals surface area contributed by atoms with Crippen molar-refractivity contribution in [1.82, 2.24) is 14.9 Å². The maximum atomic E-state index is 13.6. The van der Waals surface area contributed by atoms with Gasteiger partial charge in [-0.1, -0.05) is 6.07 Å². The first-order valence-electron chi connectivity index (χ1n) is 9.13. The van der Waals surface area contributed by atoms with Gasteiger partial charge in [0.1, 0.15) is 23.3 Å². The molecule has 0 unspecified atom stereocenters. The van der Waals surface area contributed by atoms with E-state index in [4.69, 9.17) is 0 Å². The molecule has 0 aliphatic carbocycles. The van der Waals surface area contributed by atoms with E-state index in [2.05, 4.69) is 25.5 Å². The molecule has 2 heterocycles. The molecule has 1 fully saturated rings. The second-order valence-corrected chi connectivity index (χ2v) is 6.51. The van der Waals surface area contributed by atoms with E-state index in [1.807, 2.05) is 19.9 Å². The lowest BCUT2D eigenvalue weighted by Gasteiger charge is -2.35. The number of carbonyl (C=O) groups is 1. The largest absolute Gasteiger partial charge is 0.370 e. The Balaban J connectivity index is 1.61. The van der Waals surface area contributed by atoms with Gasteiger partial charge < -0.3 is 20.4 Å². The molecule has 1 aliphatic rings. The quantitative estimate of drug-likeness (QED) is 0.863. The van der Waals surface area contributed by atoms with Gasteiger partial charge in [0.15, 0.2) is 0 Å². The number of urea groups is 1. The third kappa shape index (κ3) is 4.45. The van der Waals surface area contributed by atoms with Crippen LogP contribution in [0.2, 0.25) is 0 Å². The van der Waals surface area contributed by atoms with Crippen LogP contribution in [0, 0.1) is 19.7 Å². The Morgan fingerprint density at radius 3 is 2.63 bits per heavy atom. The first-order chi connectivity index (χ1) is 13.0. The van der Waals surface area contributed by atoms with Gasteiger partial charge in [0.05, 0.1) is 0 Å². The minimum absolute atomic E-state index is 0.212. The first kappa shape index (κ1) is 18.9. The number of rotatable bonds is 4. The van der Waals surface area contributed by atoms with Gasteiger partial charge in [-0.3, -0.25) is 0 Å². The zero-order chi connectivity index (χ0) is 19.4. The highest BCUT2D eigenvalue weighted by molar-refractivity contribution is 5.90. The van der Waals surface area contributed by atoms with Crippen molar-refractivity contribution in [3.63, 3.8) is 0 Å². The van der Waals surface area contributed by atoms with Gasteiger partial charge in [-0.2, -0.15) is 0 Å². The number of nitrogens with one attached hydrogen (secondary N) is 2. The standard InChI is InChI=1S/C19H25FN6O/c1-4-21-17-12-18(23-14(3)22-17)25-8-10-26(11-9-25)19(27)24-16-7-5-6-15(20)13(16)2/h5-7,12H,4,8-11H2,1-3H3,(H,24,27)(H,21,22,23). The lowest BCUT2D eigenvalue weighted by Crippen LogP contribution is -2.50. The first-order valence-corrected chi connectivity index (χ1v) is 9.13. The SMILES string of the molecule is CCNc1cc(N2CCN(C(=O)Nc3cccc(F)c3C)CC2)nc(C)n1. The molecular formula is C19H25FN6O. The van der Waals surface area contributed by atoms with Gasteiger partial charge in [-0.25, -0.2) is 19.2 Å². The van der Waals surface area contributed by atoms with Crippen LogP contribution in [0.1, 0.15) is 18.3 Å². The second-order valence-electron chi connectivity index (χ2n) is 6.51. The molecule has 7 nitrogen and oxygen atoms in total. The third-order valence-corrected chi connectivity index (χ3v) is 4.58. The number of aryl methyl sites for hydroxylation is 1. The predicted molar refractivity (Wildman–Crippen MR) is 105 cm³/mol.